The van der Waals surface area contributed by atoms with Gasteiger partial charge in [0.2, 0.25) is 5.91 Å². The molecule has 0 saturated heterocycles. The molecule has 0 aliphatic rings. The minimum absolute atomic E-state index is 0.0336. The summed E-state index contributed by atoms with van der Waals surface area (Å²) in [6.07, 6.45) is 1.94. The molecule has 3 amide bonds. The maximum atomic E-state index is 12.6. The third-order valence-corrected chi connectivity index (χ3v) is 6.35. The fourth-order valence-corrected chi connectivity index (χ4v) is 4.17. The summed E-state index contributed by atoms with van der Waals surface area (Å²) in [6, 6.07) is 13.1. The van der Waals surface area contributed by atoms with Crippen molar-refractivity contribution in [3.8, 4) is 5.75 Å². The van der Waals surface area contributed by atoms with Crippen LogP contribution in [0.5, 0.6) is 5.75 Å². The van der Waals surface area contributed by atoms with Crippen molar-refractivity contribution in [3.05, 3.63) is 77.1 Å². The number of hydrogen-bond donors (Lipinski definition) is 5. The fourth-order valence-electron chi connectivity index (χ4n) is 4.17. The van der Waals surface area contributed by atoms with Crippen LogP contribution in [0.2, 0.25) is 0 Å². The number of carbonyl (C=O) groups is 4. The lowest BCUT2D eigenvalue weighted by Crippen LogP contribution is -2.42. The highest BCUT2D eigenvalue weighted by atomic mass is 16.5. The SMILES string of the molecule is COc1cc(CC(=O)CNCc2ccn(CC(NC(C)=O)C(=O)O)c2C)ccc1NC(=O)Nc1ccccc1C. The van der Waals surface area contributed by atoms with Gasteiger partial charge >= 0.3 is 12.0 Å². The lowest BCUT2D eigenvalue weighted by molar-refractivity contribution is -0.141. The number of benzene rings is 2. The van der Waals surface area contributed by atoms with Crippen LogP contribution in [0.4, 0.5) is 16.2 Å². The number of aliphatic carboxylic acids is 1. The summed E-state index contributed by atoms with van der Waals surface area (Å²) >= 11 is 0. The summed E-state index contributed by atoms with van der Waals surface area (Å²) in [5.41, 5.74) is 4.63. The molecule has 2 aromatic carbocycles. The number of para-hydroxylation sites is 1. The van der Waals surface area contributed by atoms with E-state index in [1.165, 1.54) is 14.0 Å². The summed E-state index contributed by atoms with van der Waals surface area (Å²) in [4.78, 5) is 47.8. The van der Waals surface area contributed by atoms with Crippen molar-refractivity contribution in [2.45, 2.75) is 46.3 Å². The minimum Gasteiger partial charge on any atom is -0.495 e. The van der Waals surface area contributed by atoms with Gasteiger partial charge in [0.25, 0.3) is 0 Å². The first-order valence-electron chi connectivity index (χ1n) is 12.7. The first-order chi connectivity index (χ1) is 19.1. The number of carbonyl (C=O) groups excluding carboxylic acids is 3. The van der Waals surface area contributed by atoms with E-state index in [9.17, 15) is 24.3 Å². The van der Waals surface area contributed by atoms with Crippen LogP contribution in [0.25, 0.3) is 0 Å². The maximum absolute atomic E-state index is 12.6. The Morgan fingerprint density at radius 1 is 1.00 bits per heavy atom. The number of ether oxygens (including phenoxy) is 1. The van der Waals surface area contributed by atoms with E-state index in [1.54, 1.807) is 29.0 Å². The average molecular weight is 550 g/mol. The van der Waals surface area contributed by atoms with E-state index in [1.807, 2.05) is 44.2 Å². The first-order valence-corrected chi connectivity index (χ1v) is 12.7. The van der Waals surface area contributed by atoms with E-state index < -0.39 is 23.9 Å². The van der Waals surface area contributed by atoms with E-state index in [2.05, 4.69) is 21.3 Å². The zero-order chi connectivity index (χ0) is 29.2. The van der Waals surface area contributed by atoms with E-state index >= 15 is 0 Å². The summed E-state index contributed by atoms with van der Waals surface area (Å²) < 4.78 is 7.19. The Bertz CT molecular complexity index is 1380. The molecule has 0 saturated carbocycles. The van der Waals surface area contributed by atoms with Crippen molar-refractivity contribution in [3.63, 3.8) is 0 Å². The van der Waals surface area contributed by atoms with Crippen LogP contribution in [0.15, 0.2) is 54.7 Å². The van der Waals surface area contributed by atoms with Gasteiger partial charge in [-0.2, -0.15) is 0 Å². The molecule has 0 radical (unpaired) electrons. The smallest absolute Gasteiger partial charge is 0.328 e. The lowest BCUT2D eigenvalue weighted by Gasteiger charge is -2.16. The van der Waals surface area contributed by atoms with Crippen LogP contribution in [0.3, 0.4) is 0 Å². The number of urea groups is 1. The molecule has 0 aliphatic carbocycles. The third-order valence-electron chi connectivity index (χ3n) is 6.35. The van der Waals surface area contributed by atoms with Crippen molar-refractivity contribution in [1.29, 1.82) is 0 Å². The molecule has 0 bridgehead atoms. The van der Waals surface area contributed by atoms with Crippen LogP contribution in [0, 0.1) is 13.8 Å². The number of ketones is 1. The van der Waals surface area contributed by atoms with E-state index in [0.29, 0.717) is 23.7 Å². The van der Waals surface area contributed by atoms with Crippen molar-refractivity contribution >= 4 is 35.1 Å². The second-order valence-corrected chi connectivity index (χ2v) is 9.42. The normalized spacial score (nSPS) is 11.4. The van der Waals surface area contributed by atoms with Crippen LogP contribution in [-0.4, -0.2) is 53.1 Å². The number of methoxy groups -OCH3 is 1. The molecule has 1 heterocycles. The molecule has 3 aromatic rings. The Labute approximate surface area is 232 Å². The molecule has 40 heavy (non-hydrogen) atoms. The number of amides is 3. The third kappa shape index (κ3) is 8.43. The number of aromatic nitrogens is 1. The van der Waals surface area contributed by atoms with Crippen molar-refractivity contribution < 1.29 is 29.0 Å². The van der Waals surface area contributed by atoms with Crippen molar-refractivity contribution in [1.82, 2.24) is 15.2 Å². The van der Waals surface area contributed by atoms with Gasteiger partial charge in [-0.1, -0.05) is 24.3 Å². The number of hydrogen-bond acceptors (Lipinski definition) is 6. The molecule has 0 fully saturated rings. The quantitative estimate of drug-likeness (QED) is 0.220. The molecule has 3 rings (SSSR count). The van der Waals surface area contributed by atoms with Gasteiger partial charge in [0, 0.05) is 37.5 Å². The van der Waals surface area contributed by atoms with Crippen LogP contribution >= 0.6 is 0 Å². The first kappa shape index (κ1) is 29.9. The van der Waals surface area contributed by atoms with Gasteiger partial charge in [-0.15, -0.1) is 0 Å². The summed E-state index contributed by atoms with van der Waals surface area (Å²) in [6.45, 7) is 5.69. The van der Waals surface area contributed by atoms with Crippen molar-refractivity contribution in [2.24, 2.45) is 0 Å². The van der Waals surface area contributed by atoms with Gasteiger partial charge in [0.1, 0.15) is 11.8 Å². The van der Waals surface area contributed by atoms with Crippen molar-refractivity contribution in [2.75, 3.05) is 24.3 Å². The molecule has 1 aromatic heterocycles. The van der Waals surface area contributed by atoms with Crippen LogP contribution < -0.4 is 26.0 Å². The second kappa shape index (κ2) is 13.9. The summed E-state index contributed by atoms with van der Waals surface area (Å²) in [7, 11) is 1.50. The maximum Gasteiger partial charge on any atom is 0.328 e. The molecule has 0 aliphatic heterocycles. The largest absolute Gasteiger partial charge is 0.495 e. The number of carboxylic acid groups (broad SMARTS) is 1. The second-order valence-electron chi connectivity index (χ2n) is 9.42. The van der Waals surface area contributed by atoms with Gasteiger partial charge in [0.15, 0.2) is 5.78 Å². The number of aryl methyl sites for hydroxylation is 1. The lowest BCUT2D eigenvalue weighted by atomic mass is 10.1. The minimum atomic E-state index is -1.11. The molecule has 5 N–H and O–H groups in total. The highest BCUT2D eigenvalue weighted by Crippen LogP contribution is 2.26. The number of nitrogens with one attached hydrogen (secondary N) is 4. The number of anilines is 2. The van der Waals surface area contributed by atoms with Crippen LogP contribution in [-0.2, 0) is 33.9 Å². The van der Waals surface area contributed by atoms with Gasteiger partial charge < -0.3 is 35.7 Å². The Kier molecular flexibility index (Phi) is 10.4. The Hall–Kier alpha value is -4.64. The molecule has 212 valence electrons. The van der Waals surface area contributed by atoms with E-state index in [-0.39, 0.29) is 25.3 Å². The van der Waals surface area contributed by atoms with Gasteiger partial charge in [-0.3, -0.25) is 9.59 Å². The predicted molar refractivity (Wildman–Crippen MR) is 152 cm³/mol. The van der Waals surface area contributed by atoms with Gasteiger partial charge in [0.05, 0.1) is 25.9 Å². The zero-order valence-electron chi connectivity index (χ0n) is 23.0. The molecular formula is C29H35N5O6. The number of carboxylic acids is 1. The molecule has 11 nitrogen and oxygen atoms in total. The Morgan fingerprint density at radius 2 is 1.73 bits per heavy atom. The summed E-state index contributed by atoms with van der Waals surface area (Å²) in [5.74, 6) is -1.12. The standard InChI is InChI=1S/C29H35N5O6/c1-18-7-5-6-8-24(18)32-29(39)33-25-10-9-21(14-27(25)40-4)13-23(36)16-30-15-22-11-12-34(19(22)2)17-26(28(37)38)31-20(3)35/h5-12,14,26,30H,13,15-17H2,1-4H3,(H,31,35)(H,37,38)(H2,32,33,39). The van der Waals surface area contributed by atoms with Crippen LogP contribution in [0.1, 0.15) is 29.3 Å². The van der Waals surface area contributed by atoms with Gasteiger partial charge in [-0.05, 0) is 54.8 Å². The van der Waals surface area contributed by atoms with Gasteiger partial charge in [-0.25, -0.2) is 9.59 Å². The monoisotopic (exact) mass is 549 g/mol. The highest BCUT2D eigenvalue weighted by molar-refractivity contribution is 6.01. The molecule has 0 spiro atoms. The zero-order valence-corrected chi connectivity index (χ0v) is 23.0. The number of nitrogens with zero attached hydrogens (tertiary/aromatic N) is 1. The number of rotatable bonds is 13. The topological polar surface area (TPSA) is 151 Å². The number of Topliss-reactive ketones (excluding diaryl/α,β-unsaturated/α-hetero) is 1. The average Bonchev–Trinajstić information content (AvgIpc) is 3.24. The molecular weight excluding hydrogens is 514 g/mol. The molecule has 1 unspecified atom stereocenters. The fraction of sp³-hybridized carbons (Fsp3) is 0.310. The highest BCUT2D eigenvalue weighted by Gasteiger charge is 2.20. The predicted octanol–water partition coefficient (Wildman–Crippen LogP) is 3.25. The summed E-state index contributed by atoms with van der Waals surface area (Å²) in [5, 5.41) is 20.5. The Morgan fingerprint density at radius 3 is 2.40 bits per heavy atom. The molecule has 1 atom stereocenters. The van der Waals surface area contributed by atoms with E-state index in [0.717, 1.165) is 22.4 Å². The Balaban J connectivity index is 1.52. The molecule has 11 heteroatoms. The van der Waals surface area contributed by atoms with E-state index in [4.69, 9.17) is 4.74 Å².